The molecule has 2 amide bonds. The van der Waals surface area contributed by atoms with E-state index >= 15 is 0 Å². The first-order valence-electron chi connectivity index (χ1n) is 8.95. The molecule has 0 atom stereocenters. The number of halogens is 1. The van der Waals surface area contributed by atoms with E-state index in [1.165, 1.54) is 0 Å². The van der Waals surface area contributed by atoms with E-state index in [0.29, 0.717) is 11.3 Å². The average molecular weight is 477 g/mol. The quantitative estimate of drug-likeness (QED) is 0.357. The van der Waals surface area contributed by atoms with Crippen LogP contribution in [0.15, 0.2) is 68.7 Å². The second-order valence-electron chi connectivity index (χ2n) is 6.41. The van der Waals surface area contributed by atoms with Crippen molar-refractivity contribution in [3.8, 4) is 17.2 Å². The van der Waals surface area contributed by atoms with Gasteiger partial charge in [0.2, 0.25) is 0 Å². The van der Waals surface area contributed by atoms with Crippen LogP contribution in [0.25, 0.3) is 22.2 Å². The van der Waals surface area contributed by atoms with Gasteiger partial charge in [-0.3, -0.25) is 20.1 Å². The van der Waals surface area contributed by atoms with Gasteiger partial charge in [-0.1, -0.05) is 46.3 Å². The number of urea groups is 1. The lowest BCUT2D eigenvalue weighted by atomic mass is 9.98. The van der Waals surface area contributed by atoms with Gasteiger partial charge in [0.05, 0.1) is 5.39 Å². The summed E-state index contributed by atoms with van der Waals surface area (Å²) in [6.45, 7) is 0. The number of hydrogen-bond donors (Lipinski definition) is 4. The minimum atomic E-state index is -0.754. The number of pyridine rings is 1. The summed E-state index contributed by atoms with van der Waals surface area (Å²) in [5.41, 5.74) is -0.200. The molecule has 0 radical (unpaired) electrons. The number of benzene rings is 2. The van der Waals surface area contributed by atoms with Gasteiger partial charge in [0, 0.05) is 15.7 Å². The van der Waals surface area contributed by atoms with Crippen LogP contribution >= 0.6 is 15.9 Å². The molecule has 0 aliphatic heterocycles. The normalized spacial score (nSPS) is 10.5. The first-order valence-corrected chi connectivity index (χ1v) is 9.75. The SMILES string of the molecule is N#Cc1c(NC(=O)Nc2ccccc2)nc2[nH]c(=O)[nH]c(=O)c2c1-c1ccc(Br)cc1. The second-order valence-corrected chi connectivity index (χ2v) is 7.32. The molecular formula is C21H13BrN6O3. The van der Waals surface area contributed by atoms with Crippen LogP contribution in [0.2, 0.25) is 0 Å². The minimum Gasteiger partial charge on any atom is -0.308 e. The number of carbonyl (C=O) groups excluding carboxylic acids is 1. The van der Waals surface area contributed by atoms with Gasteiger partial charge in [-0.2, -0.15) is 5.26 Å². The Morgan fingerprint density at radius 3 is 2.39 bits per heavy atom. The number of aromatic amines is 2. The Morgan fingerprint density at radius 2 is 1.71 bits per heavy atom. The molecule has 4 rings (SSSR count). The Balaban J connectivity index is 1.91. The Kier molecular flexibility index (Phi) is 5.34. The lowest BCUT2D eigenvalue weighted by Gasteiger charge is -2.13. The van der Waals surface area contributed by atoms with E-state index in [1.54, 1.807) is 54.6 Å². The second kappa shape index (κ2) is 8.25. The van der Waals surface area contributed by atoms with Crippen LogP contribution in [-0.2, 0) is 0 Å². The molecule has 2 aromatic carbocycles. The van der Waals surface area contributed by atoms with Crippen LogP contribution in [0.4, 0.5) is 16.3 Å². The molecule has 152 valence electrons. The monoisotopic (exact) mass is 476 g/mol. The van der Waals surface area contributed by atoms with Crippen molar-refractivity contribution >= 4 is 44.5 Å². The summed E-state index contributed by atoms with van der Waals surface area (Å²) in [5.74, 6) is -0.0948. The Bertz CT molecular complexity index is 1450. The fourth-order valence-electron chi connectivity index (χ4n) is 3.10. The van der Waals surface area contributed by atoms with E-state index in [9.17, 15) is 19.6 Å². The van der Waals surface area contributed by atoms with Crippen LogP contribution in [0, 0.1) is 11.3 Å². The molecule has 2 heterocycles. The van der Waals surface area contributed by atoms with Gasteiger partial charge < -0.3 is 5.32 Å². The molecule has 0 unspecified atom stereocenters. The number of nitrogens with zero attached hydrogens (tertiary/aromatic N) is 2. The van der Waals surface area contributed by atoms with Crippen LogP contribution in [0.1, 0.15) is 5.56 Å². The average Bonchev–Trinajstić information content (AvgIpc) is 2.74. The maximum atomic E-state index is 12.6. The molecule has 9 nitrogen and oxygen atoms in total. The highest BCUT2D eigenvalue weighted by Gasteiger charge is 2.21. The zero-order valence-electron chi connectivity index (χ0n) is 15.7. The van der Waals surface area contributed by atoms with Crippen molar-refractivity contribution in [1.82, 2.24) is 15.0 Å². The zero-order valence-corrected chi connectivity index (χ0v) is 17.3. The number of rotatable bonds is 3. The third kappa shape index (κ3) is 4.08. The molecule has 2 aromatic heterocycles. The molecular weight excluding hydrogens is 464 g/mol. The van der Waals surface area contributed by atoms with Crippen molar-refractivity contribution in [2.45, 2.75) is 0 Å². The van der Waals surface area contributed by atoms with E-state index in [0.717, 1.165) is 4.47 Å². The van der Waals surface area contributed by atoms with Gasteiger partial charge in [-0.05, 0) is 29.8 Å². The number of hydrogen-bond acceptors (Lipinski definition) is 5. The molecule has 31 heavy (non-hydrogen) atoms. The summed E-state index contributed by atoms with van der Waals surface area (Å²) < 4.78 is 0.802. The maximum absolute atomic E-state index is 12.6. The molecule has 0 aliphatic rings. The highest BCUT2D eigenvalue weighted by molar-refractivity contribution is 9.10. The number of amides is 2. The summed E-state index contributed by atoms with van der Waals surface area (Å²) >= 11 is 3.35. The van der Waals surface area contributed by atoms with Gasteiger partial charge in [0.15, 0.2) is 5.82 Å². The smallest absolute Gasteiger partial charge is 0.308 e. The number of fused-ring (bicyclic) bond motifs is 1. The summed E-state index contributed by atoms with van der Waals surface area (Å²) in [7, 11) is 0. The number of nitrogens with one attached hydrogen (secondary N) is 4. The number of H-pyrrole nitrogens is 2. The molecule has 0 bridgehead atoms. The van der Waals surface area contributed by atoms with Crippen molar-refractivity contribution in [1.29, 1.82) is 5.26 Å². The van der Waals surface area contributed by atoms with Crippen LogP contribution in [-0.4, -0.2) is 21.0 Å². The summed E-state index contributed by atoms with van der Waals surface area (Å²) in [4.78, 5) is 45.6. The lowest BCUT2D eigenvalue weighted by Crippen LogP contribution is -2.25. The van der Waals surface area contributed by atoms with Crippen molar-refractivity contribution in [3.63, 3.8) is 0 Å². The molecule has 4 N–H and O–H groups in total. The van der Waals surface area contributed by atoms with Gasteiger partial charge >= 0.3 is 11.7 Å². The van der Waals surface area contributed by atoms with Gasteiger partial charge in [-0.25, -0.2) is 14.6 Å². The molecule has 0 aliphatic carbocycles. The molecule has 4 aromatic rings. The summed E-state index contributed by atoms with van der Waals surface area (Å²) in [6, 6.07) is 17.0. The van der Waals surface area contributed by atoms with Gasteiger partial charge in [-0.15, -0.1) is 0 Å². The summed E-state index contributed by atoms with van der Waals surface area (Å²) in [6.07, 6.45) is 0. The van der Waals surface area contributed by atoms with Gasteiger partial charge in [0.1, 0.15) is 17.3 Å². The standard InChI is InChI=1S/C21H13BrN6O3/c22-12-8-6-11(7-9-12)15-14(10-23)17(25-18-16(15)19(29)28-21(31)27-18)26-20(30)24-13-4-2-1-3-5-13/h1-9H,(H4,24,25,26,27,28,29,30,31). The van der Waals surface area contributed by atoms with E-state index in [-0.39, 0.29) is 28.0 Å². The predicted molar refractivity (Wildman–Crippen MR) is 120 cm³/mol. The van der Waals surface area contributed by atoms with Crippen LogP contribution < -0.4 is 21.9 Å². The van der Waals surface area contributed by atoms with Crippen molar-refractivity contribution in [2.75, 3.05) is 10.6 Å². The van der Waals surface area contributed by atoms with E-state index in [4.69, 9.17) is 0 Å². The first kappa shape index (κ1) is 20.1. The third-order valence-corrected chi connectivity index (χ3v) is 4.92. The predicted octanol–water partition coefficient (Wildman–Crippen LogP) is 3.56. The van der Waals surface area contributed by atoms with Crippen LogP contribution in [0.3, 0.4) is 0 Å². The van der Waals surface area contributed by atoms with Crippen molar-refractivity contribution < 1.29 is 4.79 Å². The molecule has 0 saturated carbocycles. The van der Waals surface area contributed by atoms with E-state index < -0.39 is 17.3 Å². The Hall–Kier alpha value is -4.23. The van der Waals surface area contributed by atoms with Gasteiger partial charge in [0.25, 0.3) is 5.56 Å². The molecule has 10 heteroatoms. The van der Waals surface area contributed by atoms with Crippen molar-refractivity contribution in [2.24, 2.45) is 0 Å². The fraction of sp³-hybridized carbons (Fsp3) is 0. The Labute approximate surface area is 182 Å². The van der Waals surface area contributed by atoms with Crippen LogP contribution in [0.5, 0.6) is 0 Å². The number of para-hydroxylation sites is 1. The third-order valence-electron chi connectivity index (χ3n) is 4.39. The van der Waals surface area contributed by atoms with Crippen molar-refractivity contribution in [3.05, 3.63) is 85.5 Å². The Morgan fingerprint density at radius 1 is 1.00 bits per heavy atom. The lowest BCUT2D eigenvalue weighted by molar-refractivity contribution is 0.262. The largest absolute Gasteiger partial charge is 0.327 e. The number of carbonyl (C=O) groups is 1. The number of anilines is 2. The molecule has 0 spiro atoms. The highest BCUT2D eigenvalue weighted by atomic mass is 79.9. The number of nitriles is 1. The minimum absolute atomic E-state index is 0.0180. The zero-order chi connectivity index (χ0) is 22.0. The molecule has 0 saturated heterocycles. The summed E-state index contributed by atoms with van der Waals surface area (Å²) in [5, 5.41) is 15.1. The fourth-order valence-corrected chi connectivity index (χ4v) is 3.36. The number of aromatic nitrogens is 3. The topological polar surface area (TPSA) is 144 Å². The van der Waals surface area contributed by atoms with E-state index in [2.05, 4.69) is 41.5 Å². The maximum Gasteiger partial charge on any atom is 0.327 e. The van der Waals surface area contributed by atoms with E-state index in [1.807, 2.05) is 6.07 Å². The molecule has 0 fully saturated rings. The highest BCUT2D eigenvalue weighted by Crippen LogP contribution is 2.33. The first-order chi connectivity index (χ1) is 15.0.